The van der Waals surface area contributed by atoms with Gasteiger partial charge in [0, 0.05) is 6.04 Å². The van der Waals surface area contributed by atoms with E-state index in [0.29, 0.717) is 11.3 Å². The van der Waals surface area contributed by atoms with Gasteiger partial charge in [0.25, 0.3) is 0 Å². The van der Waals surface area contributed by atoms with Crippen LogP contribution in [0.3, 0.4) is 0 Å². The normalized spacial score (nSPS) is 15.1. The fraction of sp³-hybridized carbons (Fsp3) is 0.400. The Morgan fingerprint density at radius 1 is 1.35 bits per heavy atom. The standard InChI is InChI=1S/C10H14N2O3S.H2O/c13-11-10-3-1-2-8(6-10)7-16(14,15)12-9-4-5-9;/h1-3,6,9,11-13H,4-5,7H2;1H2. The van der Waals surface area contributed by atoms with Gasteiger partial charge < -0.3 is 5.48 Å². The molecule has 0 aliphatic heterocycles. The zero-order valence-corrected chi connectivity index (χ0v) is 10.00. The van der Waals surface area contributed by atoms with Crippen LogP contribution in [-0.2, 0) is 15.8 Å². The van der Waals surface area contributed by atoms with Crippen molar-refractivity contribution in [3.63, 3.8) is 0 Å². The fourth-order valence-corrected chi connectivity index (χ4v) is 2.89. The van der Waals surface area contributed by atoms with E-state index in [0.717, 1.165) is 12.8 Å². The molecule has 0 amide bonds. The lowest BCUT2D eigenvalue weighted by molar-refractivity contribution is 0.389. The van der Waals surface area contributed by atoms with E-state index in [4.69, 9.17) is 5.21 Å². The molecule has 17 heavy (non-hydrogen) atoms. The molecule has 0 bridgehead atoms. The van der Waals surface area contributed by atoms with Crippen LogP contribution in [0, 0.1) is 0 Å². The third-order valence-corrected chi connectivity index (χ3v) is 3.74. The fourth-order valence-electron chi connectivity index (χ4n) is 1.45. The summed E-state index contributed by atoms with van der Waals surface area (Å²) in [5.74, 6) is -0.0565. The van der Waals surface area contributed by atoms with Crippen molar-refractivity contribution in [3.8, 4) is 0 Å². The Morgan fingerprint density at radius 3 is 2.65 bits per heavy atom. The maximum atomic E-state index is 11.7. The Bertz CT molecular complexity index is 471. The molecule has 1 aliphatic carbocycles. The van der Waals surface area contributed by atoms with Gasteiger partial charge in [0.15, 0.2) is 0 Å². The first-order valence-corrected chi connectivity index (χ1v) is 6.73. The Morgan fingerprint density at radius 2 is 2.06 bits per heavy atom. The minimum atomic E-state index is -3.26. The van der Waals surface area contributed by atoms with E-state index in [2.05, 4.69) is 4.72 Å². The van der Waals surface area contributed by atoms with Gasteiger partial charge in [-0.2, -0.15) is 0 Å². The molecule has 7 heteroatoms. The van der Waals surface area contributed by atoms with Gasteiger partial charge in [-0.15, -0.1) is 0 Å². The van der Waals surface area contributed by atoms with E-state index in [1.165, 1.54) is 0 Å². The summed E-state index contributed by atoms with van der Waals surface area (Å²) in [6.45, 7) is 0. The third-order valence-electron chi connectivity index (χ3n) is 2.34. The number of nitrogens with one attached hydrogen (secondary N) is 2. The Kier molecular flexibility index (Phi) is 4.47. The molecule has 0 saturated heterocycles. The van der Waals surface area contributed by atoms with Gasteiger partial charge in [-0.05, 0) is 30.5 Å². The van der Waals surface area contributed by atoms with E-state index in [1.54, 1.807) is 24.3 Å². The second kappa shape index (κ2) is 5.46. The highest BCUT2D eigenvalue weighted by atomic mass is 32.2. The molecule has 1 saturated carbocycles. The summed E-state index contributed by atoms with van der Waals surface area (Å²) in [6, 6.07) is 6.80. The van der Waals surface area contributed by atoms with Gasteiger partial charge >= 0.3 is 0 Å². The van der Waals surface area contributed by atoms with Crippen LogP contribution in [0.4, 0.5) is 5.69 Å². The van der Waals surface area contributed by atoms with Gasteiger partial charge in [0.2, 0.25) is 10.0 Å². The molecular formula is C10H16N2O4S. The average molecular weight is 260 g/mol. The van der Waals surface area contributed by atoms with E-state index >= 15 is 0 Å². The number of rotatable bonds is 5. The molecule has 0 aromatic heterocycles. The number of sulfonamides is 1. The van der Waals surface area contributed by atoms with Crippen molar-refractivity contribution in [2.24, 2.45) is 0 Å². The molecule has 0 atom stereocenters. The molecule has 6 nitrogen and oxygen atoms in total. The second-order valence-electron chi connectivity index (χ2n) is 3.96. The number of benzene rings is 1. The molecule has 1 aromatic rings. The van der Waals surface area contributed by atoms with Gasteiger partial charge in [-0.25, -0.2) is 13.1 Å². The second-order valence-corrected chi connectivity index (χ2v) is 5.72. The summed E-state index contributed by atoms with van der Waals surface area (Å²) >= 11 is 0. The Hall–Kier alpha value is -1.15. The number of hydrogen-bond acceptors (Lipinski definition) is 4. The van der Waals surface area contributed by atoms with Crippen molar-refractivity contribution in [1.29, 1.82) is 0 Å². The van der Waals surface area contributed by atoms with Gasteiger partial charge in [-0.1, -0.05) is 12.1 Å². The third kappa shape index (κ3) is 4.31. The maximum Gasteiger partial charge on any atom is 0.216 e. The Balaban J connectivity index is 0.00000144. The highest BCUT2D eigenvalue weighted by Crippen LogP contribution is 2.21. The van der Waals surface area contributed by atoms with Crippen molar-refractivity contribution < 1.29 is 19.1 Å². The Labute approximate surface area is 100.0 Å². The topological polar surface area (TPSA) is 110 Å². The van der Waals surface area contributed by atoms with Crippen LogP contribution in [0.25, 0.3) is 0 Å². The van der Waals surface area contributed by atoms with Crippen LogP contribution in [0.1, 0.15) is 18.4 Å². The number of hydrogen-bond donors (Lipinski definition) is 3. The summed E-state index contributed by atoms with van der Waals surface area (Å²) in [7, 11) is -3.26. The predicted molar refractivity (Wildman–Crippen MR) is 64.2 cm³/mol. The summed E-state index contributed by atoms with van der Waals surface area (Å²) < 4.78 is 25.9. The van der Waals surface area contributed by atoms with E-state index in [1.807, 2.05) is 5.48 Å². The van der Waals surface area contributed by atoms with Crippen LogP contribution in [0.5, 0.6) is 0 Å². The monoisotopic (exact) mass is 260 g/mol. The first-order valence-electron chi connectivity index (χ1n) is 5.08. The van der Waals surface area contributed by atoms with Crippen molar-refractivity contribution in [2.45, 2.75) is 24.6 Å². The maximum absolute atomic E-state index is 11.7. The van der Waals surface area contributed by atoms with E-state index < -0.39 is 10.0 Å². The lowest BCUT2D eigenvalue weighted by Crippen LogP contribution is -2.27. The SMILES string of the molecule is O.O=S(=O)(Cc1cccc(NO)c1)NC1CC1. The van der Waals surface area contributed by atoms with E-state index in [9.17, 15) is 8.42 Å². The first-order chi connectivity index (χ1) is 7.59. The van der Waals surface area contributed by atoms with Crippen molar-refractivity contribution in [3.05, 3.63) is 29.8 Å². The van der Waals surface area contributed by atoms with Crippen LogP contribution in [0.2, 0.25) is 0 Å². The summed E-state index contributed by atoms with van der Waals surface area (Å²) in [6.07, 6.45) is 1.86. The number of anilines is 1. The minimum absolute atomic E-state index is 0. The van der Waals surface area contributed by atoms with Crippen LogP contribution in [-0.4, -0.2) is 25.1 Å². The summed E-state index contributed by atoms with van der Waals surface area (Å²) in [5.41, 5.74) is 3.12. The largest absolute Gasteiger partial charge is 0.412 e. The lowest BCUT2D eigenvalue weighted by atomic mass is 10.2. The molecule has 5 N–H and O–H groups in total. The van der Waals surface area contributed by atoms with Gasteiger partial charge in [0.1, 0.15) is 0 Å². The predicted octanol–water partition coefficient (Wildman–Crippen LogP) is 0.245. The molecule has 1 aromatic carbocycles. The molecule has 1 fully saturated rings. The molecule has 0 spiro atoms. The lowest BCUT2D eigenvalue weighted by Gasteiger charge is -2.06. The van der Waals surface area contributed by atoms with Crippen molar-refractivity contribution in [1.82, 2.24) is 4.72 Å². The molecule has 0 radical (unpaired) electrons. The summed E-state index contributed by atoms with van der Waals surface area (Å²) in [4.78, 5) is 0. The molecule has 0 unspecified atom stereocenters. The van der Waals surface area contributed by atoms with Crippen LogP contribution in [0.15, 0.2) is 24.3 Å². The smallest absolute Gasteiger partial charge is 0.216 e. The zero-order chi connectivity index (χ0) is 11.6. The van der Waals surface area contributed by atoms with Crippen LogP contribution < -0.4 is 10.2 Å². The van der Waals surface area contributed by atoms with Crippen molar-refractivity contribution >= 4 is 15.7 Å². The zero-order valence-electron chi connectivity index (χ0n) is 9.18. The summed E-state index contributed by atoms with van der Waals surface area (Å²) in [5, 5.41) is 8.70. The molecule has 1 aliphatic rings. The minimum Gasteiger partial charge on any atom is -0.412 e. The molecule has 0 heterocycles. The molecule has 96 valence electrons. The van der Waals surface area contributed by atoms with E-state index in [-0.39, 0.29) is 17.3 Å². The van der Waals surface area contributed by atoms with Gasteiger partial charge in [-0.3, -0.25) is 10.7 Å². The van der Waals surface area contributed by atoms with Gasteiger partial charge in [0.05, 0.1) is 11.4 Å². The van der Waals surface area contributed by atoms with Crippen LogP contribution >= 0.6 is 0 Å². The molecular weight excluding hydrogens is 244 g/mol. The quantitative estimate of drug-likeness (QED) is 0.659. The highest BCUT2D eigenvalue weighted by Gasteiger charge is 2.26. The molecule has 2 rings (SSSR count). The average Bonchev–Trinajstić information content (AvgIpc) is 3.00. The van der Waals surface area contributed by atoms with Crippen molar-refractivity contribution in [2.75, 3.05) is 5.48 Å². The highest BCUT2D eigenvalue weighted by molar-refractivity contribution is 7.88. The first kappa shape index (κ1) is 13.9.